The van der Waals surface area contributed by atoms with Crippen molar-refractivity contribution in [1.82, 2.24) is 15.0 Å². The van der Waals surface area contributed by atoms with Gasteiger partial charge in [-0.1, -0.05) is 0 Å². The second-order valence-corrected chi connectivity index (χ2v) is 5.34. The fraction of sp³-hybridized carbons (Fsp3) is 0.438. The Kier molecular flexibility index (Phi) is 5.15. The van der Waals surface area contributed by atoms with Gasteiger partial charge in [0.05, 0.1) is 18.0 Å². The zero-order chi connectivity index (χ0) is 15.0. The third-order valence-corrected chi connectivity index (χ3v) is 3.69. The lowest BCUT2D eigenvalue weighted by Gasteiger charge is -2.10. The van der Waals surface area contributed by atoms with Crippen LogP contribution in [0.3, 0.4) is 0 Å². The predicted octanol–water partition coefficient (Wildman–Crippen LogP) is 2.29. The van der Waals surface area contributed by atoms with E-state index >= 15 is 0 Å². The molecule has 6 nitrogen and oxygen atoms in total. The third-order valence-electron chi connectivity index (χ3n) is 3.69. The normalized spacial score (nSPS) is 17.4. The predicted molar refractivity (Wildman–Crippen MR) is 86.0 cm³/mol. The Balaban J connectivity index is 1.41. The van der Waals surface area contributed by atoms with Crippen molar-refractivity contribution in [1.29, 1.82) is 0 Å². The number of anilines is 2. The summed E-state index contributed by atoms with van der Waals surface area (Å²) in [7, 11) is 0. The van der Waals surface area contributed by atoms with E-state index in [0.717, 1.165) is 56.3 Å². The summed E-state index contributed by atoms with van der Waals surface area (Å²) in [5, 5.41) is 6.68. The molecule has 1 saturated heterocycles. The Hall–Kier alpha value is -2.21. The molecule has 1 fully saturated rings. The van der Waals surface area contributed by atoms with Crippen LogP contribution in [0.15, 0.2) is 36.9 Å². The molecule has 1 unspecified atom stereocenters. The van der Waals surface area contributed by atoms with Crippen molar-refractivity contribution in [2.45, 2.75) is 18.8 Å². The summed E-state index contributed by atoms with van der Waals surface area (Å²) in [6.07, 6.45) is 7.28. The van der Waals surface area contributed by atoms with Gasteiger partial charge in [0, 0.05) is 44.1 Å². The molecule has 1 atom stereocenters. The minimum Gasteiger partial charge on any atom is -0.384 e. The lowest BCUT2D eigenvalue weighted by Crippen LogP contribution is -2.11. The number of pyridine rings is 1. The van der Waals surface area contributed by atoms with Crippen molar-refractivity contribution in [3.63, 3.8) is 0 Å². The molecule has 116 valence electrons. The van der Waals surface area contributed by atoms with Crippen LogP contribution in [0, 0.1) is 0 Å². The minimum absolute atomic E-state index is 0.413. The van der Waals surface area contributed by atoms with Crippen molar-refractivity contribution in [2.24, 2.45) is 0 Å². The highest BCUT2D eigenvalue weighted by Crippen LogP contribution is 2.24. The van der Waals surface area contributed by atoms with Crippen LogP contribution in [-0.2, 0) is 4.74 Å². The average molecular weight is 299 g/mol. The first-order chi connectivity index (χ1) is 10.9. The maximum Gasteiger partial charge on any atom is 0.129 e. The van der Waals surface area contributed by atoms with Crippen LogP contribution < -0.4 is 10.6 Å². The van der Waals surface area contributed by atoms with Gasteiger partial charge in [0.25, 0.3) is 0 Å². The fourth-order valence-electron chi connectivity index (χ4n) is 2.46. The largest absolute Gasteiger partial charge is 0.384 e. The molecular weight excluding hydrogens is 278 g/mol. The van der Waals surface area contributed by atoms with Gasteiger partial charge in [-0.25, -0.2) is 9.97 Å². The van der Waals surface area contributed by atoms with Gasteiger partial charge in [0.1, 0.15) is 12.1 Å². The van der Waals surface area contributed by atoms with Crippen LogP contribution in [0.1, 0.15) is 24.5 Å². The maximum atomic E-state index is 5.41. The Morgan fingerprint density at radius 2 is 2.18 bits per heavy atom. The highest BCUT2D eigenvalue weighted by atomic mass is 16.5. The van der Waals surface area contributed by atoms with Crippen LogP contribution in [-0.4, -0.2) is 41.3 Å². The van der Waals surface area contributed by atoms with Gasteiger partial charge in [-0.05, 0) is 25.0 Å². The standard InChI is InChI=1S/C16H21N5O/c1-3-14(10-17-5-1)18-6-2-7-19-16-9-15(20-12-21-16)13-4-8-22-11-13/h1,3,5,9-10,12-13,18H,2,4,6-8,11H2,(H,19,20,21). The molecule has 1 aliphatic heterocycles. The maximum absolute atomic E-state index is 5.41. The molecule has 6 heteroatoms. The van der Waals surface area contributed by atoms with E-state index in [4.69, 9.17) is 4.74 Å². The summed E-state index contributed by atoms with van der Waals surface area (Å²) >= 11 is 0. The molecule has 22 heavy (non-hydrogen) atoms. The molecule has 0 amide bonds. The van der Waals surface area contributed by atoms with E-state index in [2.05, 4.69) is 25.6 Å². The molecule has 0 radical (unpaired) electrons. The van der Waals surface area contributed by atoms with Crippen LogP contribution in [0.25, 0.3) is 0 Å². The zero-order valence-electron chi connectivity index (χ0n) is 12.5. The fourth-order valence-corrected chi connectivity index (χ4v) is 2.46. The van der Waals surface area contributed by atoms with Crippen molar-refractivity contribution in [3.05, 3.63) is 42.6 Å². The SMILES string of the molecule is c1cncc(NCCCNc2cc(C3CCOC3)ncn2)c1. The summed E-state index contributed by atoms with van der Waals surface area (Å²) in [6.45, 7) is 3.36. The summed E-state index contributed by atoms with van der Waals surface area (Å²) in [6, 6.07) is 5.98. The molecule has 0 bridgehead atoms. The number of nitrogens with one attached hydrogen (secondary N) is 2. The van der Waals surface area contributed by atoms with E-state index in [1.807, 2.05) is 24.4 Å². The van der Waals surface area contributed by atoms with Crippen molar-refractivity contribution in [2.75, 3.05) is 36.9 Å². The average Bonchev–Trinajstić information content (AvgIpc) is 3.10. The first-order valence-corrected chi connectivity index (χ1v) is 7.69. The Bertz CT molecular complexity index is 572. The smallest absolute Gasteiger partial charge is 0.129 e. The number of ether oxygens (including phenoxy) is 1. The lowest BCUT2D eigenvalue weighted by atomic mass is 10.1. The second kappa shape index (κ2) is 7.70. The van der Waals surface area contributed by atoms with Gasteiger partial charge in [-0.3, -0.25) is 4.98 Å². The highest BCUT2D eigenvalue weighted by Gasteiger charge is 2.19. The summed E-state index contributed by atoms with van der Waals surface area (Å²) in [5.41, 5.74) is 2.12. The number of rotatable bonds is 7. The van der Waals surface area contributed by atoms with Gasteiger partial charge in [0.15, 0.2) is 0 Å². The topological polar surface area (TPSA) is 72.0 Å². The summed E-state index contributed by atoms with van der Waals surface area (Å²) < 4.78 is 5.41. The zero-order valence-corrected chi connectivity index (χ0v) is 12.5. The van der Waals surface area contributed by atoms with E-state index in [0.29, 0.717) is 5.92 Å². The first-order valence-electron chi connectivity index (χ1n) is 7.69. The number of nitrogens with zero attached hydrogens (tertiary/aromatic N) is 3. The first kappa shape index (κ1) is 14.7. The third kappa shape index (κ3) is 4.14. The number of hydrogen-bond donors (Lipinski definition) is 2. The van der Waals surface area contributed by atoms with Crippen LogP contribution in [0.2, 0.25) is 0 Å². The van der Waals surface area contributed by atoms with Gasteiger partial charge in [-0.15, -0.1) is 0 Å². The molecule has 0 saturated carbocycles. The highest BCUT2D eigenvalue weighted by molar-refractivity contribution is 5.39. The van der Waals surface area contributed by atoms with Gasteiger partial charge >= 0.3 is 0 Å². The number of hydrogen-bond acceptors (Lipinski definition) is 6. The van der Waals surface area contributed by atoms with Crippen LogP contribution in [0.5, 0.6) is 0 Å². The molecule has 2 aromatic heterocycles. The number of aromatic nitrogens is 3. The lowest BCUT2D eigenvalue weighted by molar-refractivity contribution is 0.193. The van der Waals surface area contributed by atoms with Crippen LogP contribution >= 0.6 is 0 Å². The Morgan fingerprint density at radius 1 is 1.23 bits per heavy atom. The van der Waals surface area contributed by atoms with E-state index in [-0.39, 0.29) is 0 Å². The van der Waals surface area contributed by atoms with E-state index in [1.165, 1.54) is 0 Å². The quantitative estimate of drug-likeness (QED) is 0.764. The molecule has 1 aliphatic rings. The molecule has 2 aromatic rings. The van der Waals surface area contributed by atoms with E-state index in [9.17, 15) is 0 Å². The molecular formula is C16H21N5O. The van der Waals surface area contributed by atoms with Gasteiger partial charge in [0.2, 0.25) is 0 Å². The molecule has 0 spiro atoms. The van der Waals surface area contributed by atoms with E-state index < -0.39 is 0 Å². The molecule has 0 aliphatic carbocycles. The molecule has 2 N–H and O–H groups in total. The van der Waals surface area contributed by atoms with Crippen molar-refractivity contribution >= 4 is 11.5 Å². The Morgan fingerprint density at radius 3 is 3.00 bits per heavy atom. The minimum atomic E-state index is 0.413. The second-order valence-electron chi connectivity index (χ2n) is 5.34. The summed E-state index contributed by atoms with van der Waals surface area (Å²) in [4.78, 5) is 12.7. The van der Waals surface area contributed by atoms with Crippen molar-refractivity contribution < 1.29 is 4.74 Å². The Labute approximate surface area is 130 Å². The molecule has 3 rings (SSSR count). The monoisotopic (exact) mass is 299 g/mol. The molecule has 0 aromatic carbocycles. The van der Waals surface area contributed by atoms with Gasteiger partial charge < -0.3 is 15.4 Å². The van der Waals surface area contributed by atoms with E-state index in [1.54, 1.807) is 12.5 Å². The van der Waals surface area contributed by atoms with Gasteiger partial charge in [-0.2, -0.15) is 0 Å². The van der Waals surface area contributed by atoms with Crippen LogP contribution in [0.4, 0.5) is 11.5 Å². The summed E-state index contributed by atoms with van der Waals surface area (Å²) in [5.74, 6) is 1.30. The molecule has 3 heterocycles. The van der Waals surface area contributed by atoms with Crippen molar-refractivity contribution in [3.8, 4) is 0 Å².